The summed E-state index contributed by atoms with van der Waals surface area (Å²) in [5.74, 6) is 0. The summed E-state index contributed by atoms with van der Waals surface area (Å²) in [6.07, 6.45) is 2.80. The van der Waals surface area contributed by atoms with Crippen LogP contribution in [-0.2, 0) is 6.32 Å². The van der Waals surface area contributed by atoms with Crippen molar-refractivity contribution >= 4 is 36.4 Å². The van der Waals surface area contributed by atoms with Gasteiger partial charge in [-0.05, 0) is 28.6 Å². The molecule has 1 aromatic heterocycles. The molecule has 1 heterocycles. The molecule has 0 N–H and O–H groups in total. The zero-order valence-electron chi connectivity index (χ0n) is 13.3. The fourth-order valence-electron chi connectivity index (χ4n) is 2.92. The van der Waals surface area contributed by atoms with Crippen molar-refractivity contribution in [2.45, 2.75) is 6.32 Å². The fraction of sp³-hybridized carbons (Fsp3) is 0.0476. The molecule has 0 saturated carbocycles. The van der Waals surface area contributed by atoms with Crippen LogP contribution < -0.4 is 10.6 Å². The molecule has 0 fully saturated rings. The summed E-state index contributed by atoms with van der Waals surface area (Å²) in [4.78, 5) is 0. The van der Waals surface area contributed by atoms with Gasteiger partial charge in [-0.2, -0.15) is 0 Å². The van der Waals surface area contributed by atoms with E-state index in [1.807, 2.05) is 18.4 Å². The van der Waals surface area contributed by atoms with E-state index in [0.717, 1.165) is 11.9 Å². The fourth-order valence-corrected chi connectivity index (χ4v) is 5.00. The highest BCUT2D eigenvalue weighted by Crippen LogP contribution is 2.33. The second-order valence-electron chi connectivity index (χ2n) is 5.68. The Morgan fingerprint density at radius 3 is 1.96 bits per heavy atom. The minimum atomic E-state index is -0.478. The van der Waals surface area contributed by atoms with Gasteiger partial charge in [0.2, 0.25) is 0 Å². The van der Waals surface area contributed by atoms with E-state index < -0.39 is 7.80 Å². The summed E-state index contributed by atoms with van der Waals surface area (Å²) in [7, 11) is -0.478. The van der Waals surface area contributed by atoms with Crippen LogP contribution in [0.1, 0.15) is 5.56 Å². The first-order chi connectivity index (χ1) is 11.9. The maximum atomic E-state index is 5.68. The normalized spacial score (nSPS) is 11.0. The number of rotatable bonds is 5. The van der Waals surface area contributed by atoms with Gasteiger partial charge >= 0.3 is 0 Å². The minimum absolute atomic E-state index is 0.478. The van der Waals surface area contributed by atoms with Gasteiger partial charge in [0, 0.05) is 5.39 Å². The van der Waals surface area contributed by atoms with Crippen molar-refractivity contribution in [3.05, 3.63) is 96.8 Å². The van der Waals surface area contributed by atoms with Gasteiger partial charge in [-0.1, -0.05) is 86.7 Å². The van der Waals surface area contributed by atoms with Crippen molar-refractivity contribution in [1.82, 2.24) is 0 Å². The van der Waals surface area contributed by atoms with Gasteiger partial charge in [-0.25, -0.2) is 0 Å². The van der Waals surface area contributed by atoms with Crippen LogP contribution in [0.2, 0.25) is 0 Å². The molecule has 0 bridgehead atoms. The molecule has 0 amide bonds. The Bertz CT molecular complexity index is 879. The molecule has 1 radical (unpaired) electrons. The standard InChI is InChI=1S/C21H17BOP/c1-3-9-18(10-4-1)24(19-11-5-2-6-12-19)22-15-17-16-23-21-14-8-7-13-20(17)21/h1-14,16H,15H2. The highest BCUT2D eigenvalue weighted by Gasteiger charge is 2.16. The summed E-state index contributed by atoms with van der Waals surface area (Å²) in [5.41, 5.74) is 2.22. The highest BCUT2D eigenvalue weighted by atomic mass is 31.1. The first kappa shape index (κ1) is 15.2. The molecule has 0 saturated heterocycles. The smallest absolute Gasteiger partial charge is 0.163 e. The predicted octanol–water partition coefficient (Wildman–Crippen LogP) is 4.68. The zero-order chi connectivity index (χ0) is 16.2. The predicted molar refractivity (Wildman–Crippen MR) is 105 cm³/mol. The van der Waals surface area contributed by atoms with Crippen LogP contribution in [-0.4, -0.2) is 7.00 Å². The van der Waals surface area contributed by atoms with Crippen molar-refractivity contribution in [3.63, 3.8) is 0 Å². The Morgan fingerprint density at radius 1 is 0.708 bits per heavy atom. The van der Waals surface area contributed by atoms with Crippen LogP contribution in [0.4, 0.5) is 0 Å². The first-order valence-electron chi connectivity index (χ1n) is 8.09. The molecule has 115 valence electrons. The lowest BCUT2D eigenvalue weighted by atomic mass is 9.95. The van der Waals surface area contributed by atoms with E-state index >= 15 is 0 Å². The molecule has 3 heteroatoms. The van der Waals surface area contributed by atoms with E-state index in [1.165, 1.54) is 21.6 Å². The Labute approximate surface area is 144 Å². The second kappa shape index (κ2) is 7.07. The summed E-state index contributed by atoms with van der Waals surface area (Å²) in [6, 6.07) is 29.8. The lowest BCUT2D eigenvalue weighted by Crippen LogP contribution is -2.17. The molecule has 0 unspecified atom stereocenters. The lowest BCUT2D eigenvalue weighted by Gasteiger charge is -2.18. The van der Waals surface area contributed by atoms with Gasteiger partial charge in [0.15, 0.2) is 7.00 Å². The number of benzene rings is 3. The van der Waals surface area contributed by atoms with Crippen LogP contribution >= 0.6 is 7.80 Å². The van der Waals surface area contributed by atoms with Gasteiger partial charge in [0.25, 0.3) is 0 Å². The molecule has 1 nitrogen and oxygen atoms in total. The third kappa shape index (κ3) is 3.16. The van der Waals surface area contributed by atoms with E-state index in [4.69, 9.17) is 4.42 Å². The minimum Gasteiger partial charge on any atom is -0.464 e. The summed E-state index contributed by atoms with van der Waals surface area (Å²) < 4.78 is 5.68. The number of furan rings is 1. The third-order valence-electron chi connectivity index (χ3n) is 4.12. The van der Waals surface area contributed by atoms with Gasteiger partial charge in [-0.3, -0.25) is 0 Å². The molecular formula is C21H17BOP. The van der Waals surface area contributed by atoms with Crippen molar-refractivity contribution in [2.24, 2.45) is 0 Å². The summed E-state index contributed by atoms with van der Waals surface area (Å²) >= 11 is 0. The van der Waals surface area contributed by atoms with Crippen molar-refractivity contribution in [3.8, 4) is 0 Å². The van der Waals surface area contributed by atoms with E-state index in [-0.39, 0.29) is 0 Å². The van der Waals surface area contributed by atoms with Crippen molar-refractivity contribution < 1.29 is 4.42 Å². The molecule has 0 atom stereocenters. The summed E-state index contributed by atoms with van der Waals surface area (Å²) in [5, 5.41) is 3.97. The van der Waals surface area contributed by atoms with Crippen molar-refractivity contribution in [2.75, 3.05) is 0 Å². The second-order valence-corrected chi connectivity index (χ2v) is 7.82. The Hall–Kier alpha value is -2.31. The molecule has 4 rings (SSSR count). The SMILES string of the molecule is [B](Cc1coc2ccccc12)P(c1ccccc1)c1ccccc1. The molecular weight excluding hydrogens is 310 g/mol. The molecule has 0 aliphatic carbocycles. The molecule has 0 aliphatic heterocycles. The van der Waals surface area contributed by atoms with Crippen LogP contribution in [0.15, 0.2) is 95.6 Å². The van der Waals surface area contributed by atoms with Gasteiger partial charge in [0.05, 0.1) is 6.26 Å². The molecule has 0 spiro atoms. The van der Waals surface area contributed by atoms with Gasteiger partial charge in [0.1, 0.15) is 5.58 Å². The van der Waals surface area contributed by atoms with Gasteiger partial charge in [-0.15, -0.1) is 0 Å². The molecule has 0 aliphatic rings. The monoisotopic (exact) mass is 327 g/mol. The Balaban J connectivity index is 1.63. The maximum Gasteiger partial charge on any atom is 0.163 e. The van der Waals surface area contributed by atoms with Crippen LogP contribution in [0, 0.1) is 0 Å². The van der Waals surface area contributed by atoms with Crippen LogP contribution in [0.25, 0.3) is 11.0 Å². The van der Waals surface area contributed by atoms with Crippen LogP contribution in [0.3, 0.4) is 0 Å². The molecule has 3 aromatic carbocycles. The summed E-state index contributed by atoms with van der Waals surface area (Å²) in [6.45, 7) is 2.44. The molecule has 24 heavy (non-hydrogen) atoms. The number of hydrogen-bond donors (Lipinski definition) is 0. The van der Waals surface area contributed by atoms with E-state index in [2.05, 4.69) is 79.8 Å². The average Bonchev–Trinajstić information content (AvgIpc) is 3.07. The largest absolute Gasteiger partial charge is 0.464 e. The third-order valence-corrected chi connectivity index (χ3v) is 6.38. The Kier molecular flexibility index (Phi) is 4.49. The lowest BCUT2D eigenvalue weighted by molar-refractivity contribution is 0.612. The number of fused-ring (bicyclic) bond motifs is 1. The number of hydrogen-bond acceptors (Lipinski definition) is 1. The highest BCUT2D eigenvalue weighted by molar-refractivity contribution is 7.97. The van der Waals surface area contributed by atoms with Crippen molar-refractivity contribution in [1.29, 1.82) is 0 Å². The maximum absolute atomic E-state index is 5.68. The van der Waals surface area contributed by atoms with E-state index in [1.54, 1.807) is 0 Å². The van der Waals surface area contributed by atoms with E-state index in [9.17, 15) is 0 Å². The zero-order valence-corrected chi connectivity index (χ0v) is 14.2. The van der Waals surface area contributed by atoms with E-state index in [0.29, 0.717) is 0 Å². The average molecular weight is 327 g/mol. The topological polar surface area (TPSA) is 13.1 Å². The first-order valence-corrected chi connectivity index (χ1v) is 9.51. The number of para-hydroxylation sites is 1. The van der Waals surface area contributed by atoms with Crippen LogP contribution in [0.5, 0.6) is 0 Å². The molecule has 4 aromatic rings. The Morgan fingerprint density at radius 2 is 1.29 bits per heavy atom. The quantitative estimate of drug-likeness (QED) is 0.383. The van der Waals surface area contributed by atoms with Gasteiger partial charge < -0.3 is 4.42 Å².